The van der Waals surface area contributed by atoms with E-state index in [2.05, 4.69) is 28.1 Å². The number of nitrogens with two attached hydrogens (primary N) is 1. The molecular formula is C12H12ClF3N4OS. The van der Waals surface area contributed by atoms with E-state index in [1.165, 1.54) is 13.0 Å². The second-order valence-corrected chi connectivity index (χ2v) is 5.09. The van der Waals surface area contributed by atoms with Crippen molar-refractivity contribution in [3.05, 3.63) is 28.8 Å². The molecule has 0 saturated heterocycles. The van der Waals surface area contributed by atoms with Crippen molar-refractivity contribution in [2.24, 2.45) is 10.8 Å². The first kappa shape index (κ1) is 18.2. The number of hydrazone groups is 1. The highest BCUT2D eigenvalue weighted by Gasteiger charge is 2.33. The number of anilines is 1. The third-order valence-corrected chi connectivity index (χ3v) is 2.75. The van der Waals surface area contributed by atoms with Gasteiger partial charge in [-0.05, 0) is 37.3 Å². The van der Waals surface area contributed by atoms with Crippen LogP contribution in [0.2, 0.25) is 5.02 Å². The lowest BCUT2D eigenvalue weighted by molar-refractivity contribution is -0.137. The standard InChI is InChI=1S/C12H12ClF3N4OS/c1-6(19-20-11(17)22)4-10(21)18-7-2-3-9(13)8(5-7)12(14,15)16/h2-3,5H,4H2,1H3,(H,18,21)(H3,17,20,22). The molecule has 1 rings (SSSR count). The van der Waals surface area contributed by atoms with Crippen molar-refractivity contribution in [1.82, 2.24) is 5.43 Å². The molecule has 0 aliphatic carbocycles. The van der Waals surface area contributed by atoms with Crippen molar-refractivity contribution >= 4 is 46.2 Å². The zero-order valence-corrected chi connectivity index (χ0v) is 12.9. The summed E-state index contributed by atoms with van der Waals surface area (Å²) < 4.78 is 38.1. The van der Waals surface area contributed by atoms with E-state index < -0.39 is 22.7 Å². The highest BCUT2D eigenvalue weighted by atomic mass is 35.5. The molecule has 1 amide bonds. The van der Waals surface area contributed by atoms with Crippen LogP contribution in [-0.4, -0.2) is 16.7 Å². The van der Waals surface area contributed by atoms with Crippen LogP contribution in [0.15, 0.2) is 23.3 Å². The van der Waals surface area contributed by atoms with Gasteiger partial charge in [0, 0.05) is 11.4 Å². The monoisotopic (exact) mass is 352 g/mol. The zero-order valence-electron chi connectivity index (χ0n) is 11.3. The summed E-state index contributed by atoms with van der Waals surface area (Å²) in [6.45, 7) is 1.54. The second-order valence-electron chi connectivity index (χ2n) is 4.24. The molecule has 0 atom stereocenters. The van der Waals surface area contributed by atoms with Crippen LogP contribution < -0.4 is 16.5 Å². The maximum atomic E-state index is 12.7. The van der Waals surface area contributed by atoms with Gasteiger partial charge in [0.25, 0.3) is 0 Å². The van der Waals surface area contributed by atoms with Crippen molar-refractivity contribution < 1.29 is 18.0 Å². The maximum absolute atomic E-state index is 12.7. The number of alkyl halides is 3. The Labute approximate surface area is 134 Å². The minimum Gasteiger partial charge on any atom is -0.375 e. The lowest BCUT2D eigenvalue weighted by Gasteiger charge is -2.11. The van der Waals surface area contributed by atoms with E-state index in [0.29, 0.717) is 5.71 Å². The van der Waals surface area contributed by atoms with E-state index in [9.17, 15) is 18.0 Å². The Bertz CT molecular complexity index is 619. The Kier molecular flexibility index (Phi) is 6.12. The highest BCUT2D eigenvalue weighted by molar-refractivity contribution is 7.80. The number of nitrogens with one attached hydrogen (secondary N) is 2. The molecule has 0 saturated carbocycles. The van der Waals surface area contributed by atoms with Crippen LogP contribution >= 0.6 is 23.8 Å². The Morgan fingerprint density at radius 1 is 1.45 bits per heavy atom. The third kappa shape index (κ3) is 5.86. The molecule has 5 nitrogen and oxygen atoms in total. The molecule has 0 aliphatic heterocycles. The molecule has 10 heteroatoms. The van der Waals surface area contributed by atoms with E-state index in [-0.39, 0.29) is 17.2 Å². The molecule has 0 aliphatic rings. The maximum Gasteiger partial charge on any atom is 0.417 e. The quantitative estimate of drug-likeness (QED) is 0.442. The van der Waals surface area contributed by atoms with Gasteiger partial charge in [-0.3, -0.25) is 10.2 Å². The van der Waals surface area contributed by atoms with Crippen LogP contribution in [0, 0.1) is 0 Å². The van der Waals surface area contributed by atoms with E-state index >= 15 is 0 Å². The summed E-state index contributed by atoms with van der Waals surface area (Å²) in [6.07, 6.45) is -4.74. The Balaban J connectivity index is 2.77. The summed E-state index contributed by atoms with van der Waals surface area (Å²) in [4.78, 5) is 11.7. The van der Waals surface area contributed by atoms with Gasteiger partial charge in [-0.1, -0.05) is 11.6 Å². The molecule has 0 spiro atoms. The largest absolute Gasteiger partial charge is 0.417 e. The van der Waals surface area contributed by atoms with Crippen molar-refractivity contribution in [1.29, 1.82) is 0 Å². The van der Waals surface area contributed by atoms with Gasteiger partial charge in [-0.25, -0.2) is 0 Å². The van der Waals surface area contributed by atoms with Gasteiger partial charge >= 0.3 is 6.18 Å². The molecular weight excluding hydrogens is 341 g/mol. The number of benzene rings is 1. The number of hydrogen-bond acceptors (Lipinski definition) is 3. The Morgan fingerprint density at radius 3 is 2.64 bits per heavy atom. The fourth-order valence-corrected chi connectivity index (χ4v) is 1.72. The lowest BCUT2D eigenvalue weighted by Crippen LogP contribution is -2.26. The van der Waals surface area contributed by atoms with E-state index in [1.54, 1.807) is 0 Å². The molecule has 120 valence electrons. The molecule has 0 radical (unpaired) electrons. The summed E-state index contributed by atoms with van der Waals surface area (Å²) in [7, 11) is 0. The number of hydrogen-bond donors (Lipinski definition) is 3. The lowest BCUT2D eigenvalue weighted by atomic mass is 10.2. The van der Waals surface area contributed by atoms with Gasteiger partial charge in [-0.2, -0.15) is 18.3 Å². The van der Waals surface area contributed by atoms with Crippen LogP contribution in [0.5, 0.6) is 0 Å². The fraction of sp³-hybridized carbons (Fsp3) is 0.250. The summed E-state index contributed by atoms with van der Waals surface area (Å²) in [6, 6.07) is 3.10. The number of carbonyl (C=O) groups excluding carboxylic acids is 1. The number of halogens is 4. The fourth-order valence-electron chi connectivity index (χ4n) is 1.45. The average Bonchev–Trinajstić information content (AvgIpc) is 2.37. The van der Waals surface area contributed by atoms with Crippen molar-refractivity contribution in [2.45, 2.75) is 19.5 Å². The number of rotatable bonds is 4. The molecule has 22 heavy (non-hydrogen) atoms. The first-order valence-corrected chi connectivity index (χ1v) is 6.63. The average molecular weight is 353 g/mol. The van der Waals surface area contributed by atoms with Gasteiger partial charge in [0.15, 0.2) is 5.11 Å². The Hall–Kier alpha value is -1.87. The van der Waals surface area contributed by atoms with E-state index in [4.69, 9.17) is 17.3 Å². The van der Waals surface area contributed by atoms with Crippen molar-refractivity contribution in [3.8, 4) is 0 Å². The van der Waals surface area contributed by atoms with Crippen LogP contribution in [0.25, 0.3) is 0 Å². The number of amides is 1. The number of thiocarbonyl (C=S) groups is 1. The van der Waals surface area contributed by atoms with Crippen LogP contribution in [-0.2, 0) is 11.0 Å². The smallest absolute Gasteiger partial charge is 0.375 e. The van der Waals surface area contributed by atoms with Crippen molar-refractivity contribution in [3.63, 3.8) is 0 Å². The zero-order chi connectivity index (χ0) is 16.9. The molecule has 4 N–H and O–H groups in total. The minimum absolute atomic E-state index is 0.0168. The van der Waals surface area contributed by atoms with Gasteiger partial charge < -0.3 is 11.1 Å². The summed E-state index contributed by atoms with van der Waals surface area (Å²) >= 11 is 10.0. The number of carbonyl (C=O) groups is 1. The molecule has 0 unspecified atom stereocenters. The van der Waals surface area contributed by atoms with Crippen LogP contribution in [0.3, 0.4) is 0 Å². The molecule has 1 aromatic rings. The van der Waals surface area contributed by atoms with Crippen LogP contribution in [0.1, 0.15) is 18.9 Å². The van der Waals surface area contributed by atoms with Gasteiger partial charge in [0.05, 0.1) is 17.0 Å². The molecule has 0 fully saturated rings. The minimum atomic E-state index is -4.60. The van der Waals surface area contributed by atoms with E-state index in [1.807, 2.05) is 0 Å². The third-order valence-electron chi connectivity index (χ3n) is 2.33. The molecule has 0 bridgehead atoms. The first-order chi connectivity index (χ1) is 10.1. The first-order valence-electron chi connectivity index (χ1n) is 5.85. The summed E-state index contributed by atoms with van der Waals surface area (Å²) in [5.74, 6) is -0.540. The van der Waals surface area contributed by atoms with Crippen LogP contribution in [0.4, 0.5) is 18.9 Å². The molecule has 1 aromatic carbocycles. The summed E-state index contributed by atoms with van der Waals surface area (Å²) in [5.41, 5.74) is 6.78. The normalized spacial score (nSPS) is 12.0. The predicted octanol–water partition coefficient (Wildman–Crippen LogP) is 2.90. The molecule has 0 aromatic heterocycles. The van der Waals surface area contributed by atoms with Gasteiger partial charge in [0.2, 0.25) is 5.91 Å². The van der Waals surface area contributed by atoms with Crippen molar-refractivity contribution in [2.75, 3.05) is 5.32 Å². The molecule has 0 heterocycles. The van der Waals surface area contributed by atoms with E-state index in [0.717, 1.165) is 12.1 Å². The van der Waals surface area contributed by atoms with Gasteiger partial charge in [-0.15, -0.1) is 0 Å². The number of nitrogens with zero attached hydrogens (tertiary/aromatic N) is 1. The topological polar surface area (TPSA) is 79.5 Å². The SMILES string of the molecule is CC(CC(=O)Nc1ccc(Cl)c(C(F)(F)F)c1)=NNC(N)=S. The summed E-state index contributed by atoms with van der Waals surface area (Å²) in [5, 5.41) is 5.54. The highest BCUT2D eigenvalue weighted by Crippen LogP contribution is 2.36. The van der Waals surface area contributed by atoms with Gasteiger partial charge in [0.1, 0.15) is 0 Å². The predicted molar refractivity (Wildman–Crippen MR) is 82.7 cm³/mol. The Morgan fingerprint density at radius 2 is 2.09 bits per heavy atom. The second kappa shape index (κ2) is 7.41.